The minimum atomic E-state index is -4.68. The maximum Gasteiger partial charge on any atom is 0.573 e. The van der Waals surface area contributed by atoms with Crippen molar-refractivity contribution in [3.63, 3.8) is 0 Å². The van der Waals surface area contributed by atoms with Crippen LogP contribution in [0.5, 0.6) is 5.75 Å². The van der Waals surface area contributed by atoms with E-state index in [2.05, 4.69) is 37.4 Å². The molecule has 1 N–H and O–H groups in total. The topological polar surface area (TPSA) is 21.3 Å². The van der Waals surface area contributed by atoms with Crippen LogP contribution in [0.4, 0.5) is 13.2 Å². The molecule has 2 aromatic rings. The van der Waals surface area contributed by atoms with Gasteiger partial charge in [-0.15, -0.1) is 13.2 Å². The van der Waals surface area contributed by atoms with Gasteiger partial charge in [-0.3, -0.25) is 0 Å². The van der Waals surface area contributed by atoms with Gasteiger partial charge < -0.3 is 10.1 Å². The van der Waals surface area contributed by atoms with Gasteiger partial charge in [0.2, 0.25) is 0 Å². The summed E-state index contributed by atoms with van der Waals surface area (Å²) in [6.07, 6.45) is -3.75. The van der Waals surface area contributed by atoms with Crippen LogP contribution >= 0.6 is 27.3 Å². The standard InChI is InChI=1S/C14H13BrF3NOS/c15-12-7-11(1-2-13(12)20-14(16,17)18)8-19-5-3-10-4-6-21-9-10/h1-2,4,6-7,9,19H,3,5,8H2. The number of nitrogens with one attached hydrogen (secondary N) is 1. The normalized spacial score (nSPS) is 11.6. The van der Waals surface area contributed by atoms with Gasteiger partial charge in [0, 0.05) is 6.54 Å². The predicted octanol–water partition coefficient (Wildman–Crippen LogP) is 4.74. The van der Waals surface area contributed by atoms with E-state index in [0.717, 1.165) is 18.5 Å². The van der Waals surface area contributed by atoms with E-state index in [0.29, 0.717) is 6.54 Å². The number of benzene rings is 1. The van der Waals surface area contributed by atoms with Crippen LogP contribution in [0, 0.1) is 0 Å². The molecular formula is C14H13BrF3NOS. The second-order valence-corrected chi connectivity index (χ2v) is 6.01. The fourth-order valence-electron chi connectivity index (χ4n) is 1.76. The molecule has 0 amide bonds. The summed E-state index contributed by atoms with van der Waals surface area (Å²) in [4.78, 5) is 0. The zero-order valence-electron chi connectivity index (χ0n) is 10.9. The fraction of sp³-hybridized carbons (Fsp3) is 0.286. The Morgan fingerprint density at radius 1 is 1.19 bits per heavy atom. The lowest BCUT2D eigenvalue weighted by Gasteiger charge is -2.12. The number of alkyl halides is 3. The number of ether oxygens (including phenoxy) is 1. The zero-order valence-corrected chi connectivity index (χ0v) is 13.3. The Labute approximate surface area is 133 Å². The molecule has 0 fully saturated rings. The summed E-state index contributed by atoms with van der Waals surface area (Å²) in [7, 11) is 0. The summed E-state index contributed by atoms with van der Waals surface area (Å²) in [5.74, 6) is -0.232. The average molecular weight is 380 g/mol. The van der Waals surface area contributed by atoms with Crippen LogP contribution in [-0.4, -0.2) is 12.9 Å². The van der Waals surface area contributed by atoms with Gasteiger partial charge in [-0.25, -0.2) is 0 Å². The van der Waals surface area contributed by atoms with Crippen molar-refractivity contribution in [1.29, 1.82) is 0 Å². The van der Waals surface area contributed by atoms with Gasteiger partial charge in [-0.05, 0) is 69.0 Å². The molecule has 1 aromatic heterocycles. The Morgan fingerprint density at radius 2 is 2.00 bits per heavy atom. The molecule has 0 radical (unpaired) electrons. The molecule has 114 valence electrons. The summed E-state index contributed by atoms with van der Waals surface area (Å²) >= 11 is 4.75. The first kappa shape index (κ1) is 16.3. The smallest absolute Gasteiger partial charge is 0.405 e. The second-order valence-electron chi connectivity index (χ2n) is 4.37. The van der Waals surface area contributed by atoms with Crippen LogP contribution in [0.3, 0.4) is 0 Å². The Morgan fingerprint density at radius 3 is 2.62 bits per heavy atom. The molecule has 0 saturated carbocycles. The molecule has 0 aliphatic carbocycles. The van der Waals surface area contributed by atoms with Crippen LogP contribution in [-0.2, 0) is 13.0 Å². The third-order valence-electron chi connectivity index (χ3n) is 2.72. The molecule has 0 unspecified atom stereocenters. The van der Waals surface area contributed by atoms with Crippen molar-refractivity contribution >= 4 is 27.3 Å². The second kappa shape index (κ2) is 7.29. The number of hydrogen-bond donors (Lipinski definition) is 1. The summed E-state index contributed by atoms with van der Waals surface area (Å²) in [5.41, 5.74) is 2.17. The van der Waals surface area contributed by atoms with Gasteiger partial charge in [0.05, 0.1) is 4.47 Å². The number of rotatable bonds is 6. The third-order valence-corrected chi connectivity index (χ3v) is 4.07. The van der Waals surface area contributed by atoms with E-state index < -0.39 is 6.36 Å². The highest BCUT2D eigenvalue weighted by atomic mass is 79.9. The largest absolute Gasteiger partial charge is 0.573 e. The number of thiophene rings is 1. The van der Waals surface area contributed by atoms with Gasteiger partial charge in [0.25, 0.3) is 0 Å². The van der Waals surface area contributed by atoms with E-state index >= 15 is 0 Å². The Balaban J connectivity index is 1.82. The van der Waals surface area contributed by atoms with Crippen LogP contribution in [0.25, 0.3) is 0 Å². The molecule has 0 bridgehead atoms. The Hall–Kier alpha value is -1.05. The highest BCUT2D eigenvalue weighted by Crippen LogP contribution is 2.31. The molecule has 0 aliphatic heterocycles. The summed E-state index contributed by atoms with van der Waals surface area (Å²) in [6.45, 7) is 1.41. The van der Waals surface area contributed by atoms with Crippen LogP contribution in [0.15, 0.2) is 39.5 Å². The average Bonchev–Trinajstić information content (AvgIpc) is 2.89. The van der Waals surface area contributed by atoms with Crippen LogP contribution < -0.4 is 10.1 Å². The summed E-state index contributed by atoms with van der Waals surface area (Å²) in [6, 6.07) is 6.63. The van der Waals surface area contributed by atoms with Gasteiger partial charge in [-0.1, -0.05) is 6.07 Å². The van der Waals surface area contributed by atoms with Gasteiger partial charge in [-0.2, -0.15) is 11.3 Å². The highest BCUT2D eigenvalue weighted by Gasteiger charge is 2.31. The van der Waals surface area contributed by atoms with Crippen LogP contribution in [0.1, 0.15) is 11.1 Å². The fourth-order valence-corrected chi connectivity index (χ4v) is 2.97. The van der Waals surface area contributed by atoms with E-state index in [1.54, 1.807) is 23.5 Å². The molecule has 1 heterocycles. The lowest BCUT2D eigenvalue weighted by Crippen LogP contribution is -2.18. The van der Waals surface area contributed by atoms with E-state index in [1.165, 1.54) is 11.6 Å². The van der Waals surface area contributed by atoms with Crippen molar-refractivity contribution in [3.05, 3.63) is 50.6 Å². The lowest BCUT2D eigenvalue weighted by molar-refractivity contribution is -0.274. The van der Waals surface area contributed by atoms with E-state index in [-0.39, 0.29) is 10.2 Å². The Kier molecular flexibility index (Phi) is 5.66. The van der Waals surface area contributed by atoms with E-state index in [4.69, 9.17) is 0 Å². The summed E-state index contributed by atoms with van der Waals surface area (Å²) < 4.78 is 40.6. The first-order chi connectivity index (χ1) is 9.94. The molecule has 0 spiro atoms. The molecular weight excluding hydrogens is 367 g/mol. The molecule has 7 heteroatoms. The monoisotopic (exact) mass is 379 g/mol. The van der Waals surface area contributed by atoms with Crippen molar-refractivity contribution in [1.82, 2.24) is 5.32 Å². The molecule has 1 aromatic carbocycles. The molecule has 2 nitrogen and oxygen atoms in total. The van der Waals surface area contributed by atoms with Crippen molar-refractivity contribution < 1.29 is 17.9 Å². The Bertz CT molecular complexity index is 572. The van der Waals surface area contributed by atoms with Gasteiger partial charge in [0.15, 0.2) is 0 Å². The first-order valence-electron chi connectivity index (χ1n) is 6.20. The molecule has 0 aliphatic rings. The molecule has 21 heavy (non-hydrogen) atoms. The van der Waals surface area contributed by atoms with E-state index in [1.807, 2.05) is 5.38 Å². The lowest BCUT2D eigenvalue weighted by atomic mass is 10.2. The van der Waals surface area contributed by atoms with Crippen molar-refractivity contribution in [2.24, 2.45) is 0 Å². The quantitative estimate of drug-likeness (QED) is 0.731. The minimum absolute atomic E-state index is 0.232. The maximum absolute atomic E-state index is 12.2. The number of hydrogen-bond acceptors (Lipinski definition) is 3. The van der Waals surface area contributed by atoms with E-state index in [9.17, 15) is 13.2 Å². The number of halogens is 4. The van der Waals surface area contributed by atoms with Crippen molar-refractivity contribution in [2.45, 2.75) is 19.3 Å². The van der Waals surface area contributed by atoms with Crippen molar-refractivity contribution in [2.75, 3.05) is 6.54 Å². The molecule has 0 saturated heterocycles. The predicted molar refractivity (Wildman–Crippen MR) is 80.6 cm³/mol. The highest BCUT2D eigenvalue weighted by molar-refractivity contribution is 9.10. The summed E-state index contributed by atoms with van der Waals surface area (Å²) in [5, 5.41) is 7.39. The molecule has 0 atom stereocenters. The third kappa shape index (κ3) is 5.68. The minimum Gasteiger partial charge on any atom is -0.405 e. The SMILES string of the molecule is FC(F)(F)Oc1ccc(CNCCc2ccsc2)cc1Br. The zero-order chi connectivity index (χ0) is 15.3. The molecule has 2 rings (SSSR count). The van der Waals surface area contributed by atoms with Crippen LogP contribution in [0.2, 0.25) is 0 Å². The van der Waals surface area contributed by atoms with Gasteiger partial charge >= 0.3 is 6.36 Å². The first-order valence-corrected chi connectivity index (χ1v) is 7.93. The van der Waals surface area contributed by atoms with Gasteiger partial charge in [0.1, 0.15) is 5.75 Å². The maximum atomic E-state index is 12.2. The van der Waals surface area contributed by atoms with Crippen molar-refractivity contribution in [3.8, 4) is 5.75 Å².